The average molecular weight is 341 g/mol. The minimum Gasteiger partial charge on any atom is -0.356 e. The van der Waals surface area contributed by atoms with Crippen molar-refractivity contribution < 1.29 is 9.59 Å². The third kappa shape index (κ3) is 3.28. The quantitative estimate of drug-likeness (QED) is 0.930. The number of thioether (sulfide) groups is 1. The highest BCUT2D eigenvalue weighted by Crippen LogP contribution is 2.33. The number of carbonyl (C=O) groups excluding carboxylic acids is 2. The van der Waals surface area contributed by atoms with Gasteiger partial charge in [0, 0.05) is 25.4 Å². The van der Waals surface area contributed by atoms with Gasteiger partial charge in [0.1, 0.15) is 5.25 Å². The van der Waals surface area contributed by atoms with Gasteiger partial charge >= 0.3 is 0 Å². The zero-order valence-corrected chi connectivity index (χ0v) is 14.5. The van der Waals surface area contributed by atoms with Crippen molar-refractivity contribution in [2.75, 3.05) is 13.6 Å². The van der Waals surface area contributed by atoms with Gasteiger partial charge in [-0.1, -0.05) is 48.2 Å². The average Bonchev–Trinajstić information content (AvgIpc) is 2.83. The van der Waals surface area contributed by atoms with Crippen LogP contribution in [0.2, 0.25) is 0 Å². The number of amides is 2. The van der Waals surface area contributed by atoms with Crippen LogP contribution in [-0.2, 0) is 9.59 Å². The van der Waals surface area contributed by atoms with Gasteiger partial charge in [0.25, 0.3) is 0 Å². The molecule has 1 N–H and O–H groups in total. The number of nitrogens with zero attached hydrogens (tertiary/aromatic N) is 2. The maximum atomic E-state index is 12.4. The first-order valence-corrected chi connectivity index (χ1v) is 8.75. The van der Waals surface area contributed by atoms with E-state index in [-0.39, 0.29) is 18.2 Å². The Kier molecular flexibility index (Phi) is 4.85. The highest BCUT2D eigenvalue weighted by atomic mass is 32.2. The van der Waals surface area contributed by atoms with Gasteiger partial charge < -0.3 is 5.32 Å². The molecule has 1 fully saturated rings. The number of aliphatic imine (C=N–C) groups is 1. The smallest absolute Gasteiger partial charge is 0.242 e. The fourth-order valence-corrected chi connectivity index (χ4v) is 3.79. The van der Waals surface area contributed by atoms with Crippen molar-refractivity contribution in [2.24, 2.45) is 4.99 Å². The van der Waals surface area contributed by atoms with Gasteiger partial charge in [-0.25, -0.2) is 4.99 Å². The fourth-order valence-electron chi connectivity index (χ4n) is 2.64. The largest absolute Gasteiger partial charge is 0.356 e. The van der Waals surface area contributed by atoms with Gasteiger partial charge in [-0.2, -0.15) is 0 Å². The molecule has 5 nitrogen and oxygen atoms in total. The minimum atomic E-state index is -0.407. The molecule has 1 saturated heterocycles. The number of fused-ring (bicyclic) bond motifs is 1. The van der Waals surface area contributed by atoms with Crippen LogP contribution in [0.25, 0.3) is 10.8 Å². The number of rotatable bonds is 4. The highest BCUT2D eigenvalue weighted by molar-refractivity contribution is 8.15. The molecule has 0 bridgehead atoms. The molecule has 1 heterocycles. The molecular weight excluding hydrogens is 322 g/mol. The van der Waals surface area contributed by atoms with E-state index in [0.717, 1.165) is 16.5 Å². The fraction of sp³-hybridized carbons (Fsp3) is 0.278. The summed E-state index contributed by atoms with van der Waals surface area (Å²) in [5.41, 5.74) is 0.828. The van der Waals surface area contributed by atoms with Crippen LogP contribution in [0.3, 0.4) is 0 Å². The van der Waals surface area contributed by atoms with E-state index in [0.29, 0.717) is 11.7 Å². The molecular formula is C18H19N3O2S. The van der Waals surface area contributed by atoms with E-state index in [1.807, 2.05) is 49.4 Å². The lowest BCUT2D eigenvalue weighted by Gasteiger charge is -2.09. The number of hydrogen-bond acceptors (Lipinski definition) is 4. The van der Waals surface area contributed by atoms with Crippen molar-refractivity contribution in [1.29, 1.82) is 0 Å². The molecule has 3 rings (SSSR count). The maximum absolute atomic E-state index is 12.4. The minimum absolute atomic E-state index is 0.0785. The number of hydrogen-bond donors (Lipinski definition) is 1. The molecule has 0 saturated carbocycles. The number of benzene rings is 2. The van der Waals surface area contributed by atoms with Crippen LogP contribution < -0.4 is 5.32 Å². The normalized spacial score (nSPS) is 19.2. The summed E-state index contributed by atoms with van der Waals surface area (Å²) in [6.07, 6.45) is 0.177. The first-order chi connectivity index (χ1) is 11.6. The number of nitrogens with one attached hydrogen (secondary N) is 1. The highest BCUT2D eigenvalue weighted by Gasteiger charge is 2.36. The van der Waals surface area contributed by atoms with Crippen LogP contribution >= 0.6 is 11.8 Å². The van der Waals surface area contributed by atoms with Crippen LogP contribution in [0.4, 0.5) is 5.69 Å². The van der Waals surface area contributed by atoms with E-state index in [2.05, 4.69) is 10.3 Å². The van der Waals surface area contributed by atoms with Crippen molar-refractivity contribution in [2.45, 2.75) is 18.6 Å². The second-order valence-corrected chi connectivity index (χ2v) is 6.72. The van der Waals surface area contributed by atoms with Crippen LogP contribution in [0.5, 0.6) is 0 Å². The van der Waals surface area contributed by atoms with Crippen molar-refractivity contribution in [3.05, 3.63) is 42.5 Å². The lowest BCUT2D eigenvalue weighted by molar-refractivity contribution is -0.128. The summed E-state index contributed by atoms with van der Waals surface area (Å²) in [5.74, 6) is -0.187. The Morgan fingerprint density at radius 3 is 2.79 bits per heavy atom. The summed E-state index contributed by atoms with van der Waals surface area (Å²) in [4.78, 5) is 30.3. The van der Waals surface area contributed by atoms with Gasteiger partial charge in [-0.05, 0) is 18.4 Å². The van der Waals surface area contributed by atoms with Crippen molar-refractivity contribution in [1.82, 2.24) is 10.2 Å². The number of carbonyl (C=O) groups is 2. The molecule has 6 heteroatoms. The Hall–Kier alpha value is -2.34. The summed E-state index contributed by atoms with van der Waals surface area (Å²) in [6, 6.07) is 13.9. The van der Waals surface area contributed by atoms with E-state index in [1.54, 1.807) is 7.05 Å². The van der Waals surface area contributed by atoms with Crippen LogP contribution in [0, 0.1) is 0 Å². The van der Waals surface area contributed by atoms with Gasteiger partial charge in [0.05, 0.1) is 5.69 Å². The van der Waals surface area contributed by atoms with E-state index in [1.165, 1.54) is 16.7 Å². The molecule has 0 aromatic heterocycles. The van der Waals surface area contributed by atoms with Crippen molar-refractivity contribution in [3.63, 3.8) is 0 Å². The molecule has 0 aliphatic carbocycles. The van der Waals surface area contributed by atoms with E-state index in [4.69, 9.17) is 0 Å². The van der Waals surface area contributed by atoms with Gasteiger partial charge in [-0.3, -0.25) is 14.5 Å². The lowest BCUT2D eigenvalue weighted by Crippen LogP contribution is -2.32. The molecule has 0 unspecified atom stereocenters. The molecule has 124 valence electrons. The monoisotopic (exact) mass is 341 g/mol. The van der Waals surface area contributed by atoms with Crippen molar-refractivity contribution >= 4 is 45.2 Å². The third-order valence-corrected chi connectivity index (χ3v) is 5.10. The maximum Gasteiger partial charge on any atom is 0.242 e. The van der Waals surface area contributed by atoms with Crippen molar-refractivity contribution in [3.8, 4) is 0 Å². The molecule has 0 spiro atoms. The summed E-state index contributed by atoms with van der Waals surface area (Å²) in [7, 11) is 1.71. The number of amidine groups is 1. The summed E-state index contributed by atoms with van der Waals surface area (Å²) < 4.78 is 0. The van der Waals surface area contributed by atoms with E-state index < -0.39 is 5.25 Å². The molecule has 1 aliphatic rings. The Labute approximate surface area is 145 Å². The summed E-state index contributed by atoms with van der Waals surface area (Å²) in [6.45, 7) is 2.43. The molecule has 24 heavy (non-hydrogen) atoms. The molecule has 1 atom stereocenters. The Morgan fingerprint density at radius 2 is 2.00 bits per heavy atom. The predicted octanol–water partition coefficient (Wildman–Crippen LogP) is 2.93. The molecule has 0 radical (unpaired) electrons. The van der Waals surface area contributed by atoms with E-state index >= 15 is 0 Å². The molecule has 1 aliphatic heterocycles. The van der Waals surface area contributed by atoms with Gasteiger partial charge in [-0.15, -0.1) is 0 Å². The second-order valence-electron chi connectivity index (χ2n) is 5.55. The Balaban J connectivity index is 1.87. The molecule has 2 aromatic carbocycles. The van der Waals surface area contributed by atoms with Crippen LogP contribution in [0.1, 0.15) is 13.3 Å². The Morgan fingerprint density at radius 1 is 1.25 bits per heavy atom. The zero-order chi connectivity index (χ0) is 17.1. The summed E-state index contributed by atoms with van der Waals surface area (Å²) in [5, 5.41) is 5.11. The standard InChI is InChI=1S/C18H19N3O2S/c1-3-19-16(22)11-15-17(23)21(2)18(24-15)20-14-10-6-8-12-7-4-5-9-13(12)14/h4-10,15H,3,11H2,1-2H3,(H,19,22)/t15-/m0/s1. The van der Waals surface area contributed by atoms with Crippen LogP contribution in [0.15, 0.2) is 47.5 Å². The molecule has 2 aromatic rings. The first kappa shape index (κ1) is 16.5. The lowest BCUT2D eigenvalue weighted by atomic mass is 10.1. The topological polar surface area (TPSA) is 61.8 Å². The summed E-state index contributed by atoms with van der Waals surface area (Å²) >= 11 is 1.35. The first-order valence-electron chi connectivity index (χ1n) is 7.87. The molecule has 2 amide bonds. The zero-order valence-electron chi connectivity index (χ0n) is 13.7. The third-order valence-electron chi connectivity index (χ3n) is 3.87. The van der Waals surface area contributed by atoms with Crippen LogP contribution in [-0.4, -0.2) is 40.7 Å². The Bertz CT molecular complexity index is 814. The SMILES string of the molecule is CCNC(=O)C[C@@H]1SC(=Nc2cccc3ccccc23)N(C)C1=O. The van der Waals surface area contributed by atoms with E-state index in [9.17, 15) is 9.59 Å². The predicted molar refractivity (Wildman–Crippen MR) is 98.5 cm³/mol. The van der Waals surface area contributed by atoms with Gasteiger partial charge in [0.2, 0.25) is 11.8 Å². The van der Waals surface area contributed by atoms with Gasteiger partial charge in [0.15, 0.2) is 5.17 Å². The second kappa shape index (κ2) is 7.05.